The van der Waals surface area contributed by atoms with Crippen LogP contribution in [0.2, 0.25) is 0 Å². The number of esters is 1. The summed E-state index contributed by atoms with van der Waals surface area (Å²) in [5.74, 6) is -0.333. The van der Waals surface area contributed by atoms with E-state index in [1.54, 1.807) is 0 Å². The van der Waals surface area contributed by atoms with E-state index >= 15 is 0 Å². The van der Waals surface area contributed by atoms with Crippen LogP contribution < -0.4 is 11.1 Å². The van der Waals surface area contributed by atoms with Gasteiger partial charge < -0.3 is 15.8 Å². The lowest BCUT2D eigenvalue weighted by Crippen LogP contribution is -2.26. The maximum absolute atomic E-state index is 10.8. The lowest BCUT2D eigenvalue weighted by molar-refractivity contribution is -0.140. The normalized spacial score (nSPS) is 9.38. The molecule has 0 aromatic heterocycles. The monoisotopic (exact) mass is 188 g/mol. The van der Waals surface area contributed by atoms with Gasteiger partial charge in [-0.3, -0.25) is 9.59 Å². The maximum atomic E-state index is 10.8. The van der Waals surface area contributed by atoms with Crippen LogP contribution in [0.4, 0.5) is 0 Å². The SMILES string of the molecule is COC(=O)CCCNC(=O)CCN. The first kappa shape index (κ1) is 11.9. The summed E-state index contributed by atoms with van der Waals surface area (Å²) in [6.07, 6.45) is 1.26. The van der Waals surface area contributed by atoms with Gasteiger partial charge in [0.25, 0.3) is 0 Å². The van der Waals surface area contributed by atoms with E-state index < -0.39 is 0 Å². The van der Waals surface area contributed by atoms with E-state index in [-0.39, 0.29) is 11.9 Å². The number of ether oxygens (including phenoxy) is 1. The molecule has 0 saturated carbocycles. The predicted molar refractivity (Wildman–Crippen MR) is 47.9 cm³/mol. The van der Waals surface area contributed by atoms with Gasteiger partial charge in [-0.25, -0.2) is 0 Å². The Hall–Kier alpha value is -1.10. The van der Waals surface area contributed by atoms with Crippen molar-refractivity contribution in [1.29, 1.82) is 0 Å². The standard InChI is InChI=1S/C8H16N2O3/c1-13-8(12)3-2-6-10-7(11)4-5-9/h2-6,9H2,1H3,(H,10,11). The molecule has 0 aliphatic carbocycles. The highest BCUT2D eigenvalue weighted by atomic mass is 16.5. The number of carbonyl (C=O) groups is 2. The quantitative estimate of drug-likeness (QED) is 0.431. The van der Waals surface area contributed by atoms with E-state index in [0.29, 0.717) is 32.4 Å². The van der Waals surface area contributed by atoms with Crippen LogP contribution in [-0.2, 0) is 14.3 Å². The predicted octanol–water partition coefficient (Wildman–Crippen LogP) is -0.595. The van der Waals surface area contributed by atoms with Crippen molar-refractivity contribution >= 4 is 11.9 Å². The van der Waals surface area contributed by atoms with Crippen molar-refractivity contribution in [2.45, 2.75) is 19.3 Å². The largest absolute Gasteiger partial charge is 0.469 e. The highest BCUT2D eigenvalue weighted by Crippen LogP contribution is 1.89. The topological polar surface area (TPSA) is 81.4 Å². The van der Waals surface area contributed by atoms with Gasteiger partial charge in [0.2, 0.25) is 5.91 Å². The van der Waals surface area contributed by atoms with Gasteiger partial charge in [0.05, 0.1) is 7.11 Å². The Morgan fingerprint density at radius 3 is 2.62 bits per heavy atom. The molecule has 5 heteroatoms. The highest BCUT2D eigenvalue weighted by molar-refractivity contribution is 5.76. The molecule has 0 aliphatic heterocycles. The number of nitrogens with two attached hydrogens (primary N) is 1. The molecular weight excluding hydrogens is 172 g/mol. The van der Waals surface area contributed by atoms with Gasteiger partial charge >= 0.3 is 5.97 Å². The first-order chi connectivity index (χ1) is 6.20. The van der Waals surface area contributed by atoms with Gasteiger partial charge in [-0.05, 0) is 6.42 Å². The summed E-state index contributed by atoms with van der Waals surface area (Å²) in [7, 11) is 1.34. The fourth-order valence-electron chi connectivity index (χ4n) is 0.782. The molecule has 13 heavy (non-hydrogen) atoms. The molecule has 0 bridgehead atoms. The molecule has 3 N–H and O–H groups in total. The number of hydrogen-bond acceptors (Lipinski definition) is 4. The zero-order chi connectivity index (χ0) is 10.1. The third kappa shape index (κ3) is 7.27. The smallest absolute Gasteiger partial charge is 0.305 e. The Balaban J connectivity index is 3.25. The van der Waals surface area contributed by atoms with E-state index in [1.165, 1.54) is 7.11 Å². The van der Waals surface area contributed by atoms with Gasteiger partial charge in [-0.2, -0.15) is 0 Å². The van der Waals surface area contributed by atoms with E-state index in [2.05, 4.69) is 10.1 Å². The summed E-state index contributed by atoms with van der Waals surface area (Å²) < 4.78 is 4.43. The van der Waals surface area contributed by atoms with Crippen molar-refractivity contribution in [3.63, 3.8) is 0 Å². The van der Waals surface area contributed by atoms with E-state index in [4.69, 9.17) is 5.73 Å². The van der Waals surface area contributed by atoms with Crippen LogP contribution in [0.1, 0.15) is 19.3 Å². The molecule has 0 aromatic carbocycles. The molecule has 5 nitrogen and oxygen atoms in total. The third-order valence-electron chi connectivity index (χ3n) is 1.48. The van der Waals surface area contributed by atoms with Gasteiger partial charge in [0, 0.05) is 25.9 Å². The zero-order valence-electron chi connectivity index (χ0n) is 7.84. The van der Waals surface area contributed by atoms with Crippen molar-refractivity contribution in [2.24, 2.45) is 5.73 Å². The molecule has 0 spiro atoms. The molecular formula is C8H16N2O3. The molecule has 76 valence electrons. The molecule has 0 aliphatic rings. The summed E-state index contributed by atoms with van der Waals surface area (Å²) in [6, 6.07) is 0. The number of nitrogens with one attached hydrogen (secondary N) is 1. The first-order valence-electron chi connectivity index (χ1n) is 4.24. The molecule has 0 unspecified atom stereocenters. The van der Waals surface area contributed by atoms with E-state index in [9.17, 15) is 9.59 Å². The molecule has 1 amide bonds. The number of hydrogen-bond donors (Lipinski definition) is 2. The Morgan fingerprint density at radius 2 is 2.08 bits per heavy atom. The second-order valence-corrected chi connectivity index (χ2v) is 2.57. The van der Waals surface area contributed by atoms with Gasteiger partial charge in [-0.15, -0.1) is 0 Å². The summed E-state index contributed by atoms with van der Waals surface area (Å²) >= 11 is 0. The molecule has 0 atom stereocenters. The third-order valence-corrected chi connectivity index (χ3v) is 1.48. The Bertz CT molecular complexity index is 171. The zero-order valence-corrected chi connectivity index (χ0v) is 7.84. The first-order valence-corrected chi connectivity index (χ1v) is 4.24. The minimum absolute atomic E-state index is 0.0765. The van der Waals surface area contributed by atoms with Crippen LogP contribution in [0.15, 0.2) is 0 Å². The molecule has 0 radical (unpaired) electrons. The number of methoxy groups -OCH3 is 1. The molecule has 0 heterocycles. The van der Waals surface area contributed by atoms with Gasteiger partial charge in [-0.1, -0.05) is 0 Å². The van der Waals surface area contributed by atoms with Crippen molar-refractivity contribution in [3.05, 3.63) is 0 Å². The minimum Gasteiger partial charge on any atom is -0.469 e. The van der Waals surface area contributed by atoms with Crippen LogP contribution in [-0.4, -0.2) is 32.1 Å². The van der Waals surface area contributed by atoms with Crippen LogP contribution >= 0.6 is 0 Å². The number of carbonyl (C=O) groups excluding carboxylic acids is 2. The van der Waals surface area contributed by atoms with E-state index in [1.807, 2.05) is 0 Å². The number of rotatable bonds is 6. The molecule has 0 rings (SSSR count). The van der Waals surface area contributed by atoms with Crippen molar-refractivity contribution in [1.82, 2.24) is 5.32 Å². The average molecular weight is 188 g/mol. The van der Waals surface area contributed by atoms with E-state index in [0.717, 1.165) is 0 Å². The van der Waals surface area contributed by atoms with Crippen LogP contribution in [0.25, 0.3) is 0 Å². The lowest BCUT2D eigenvalue weighted by Gasteiger charge is -2.02. The Kier molecular flexibility index (Phi) is 6.91. The molecule has 0 fully saturated rings. The highest BCUT2D eigenvalue weighted by Gasteiger charge is 2.01. The van der Waals surface area contributed by atoms with Crippen molar-refractivity contribution in [3.8, 4) is 0 Å². The van der Waals surface area contributed by atoms with Crippen molar-refractivity contribution < 1.29 is 14.3 Å². The van der Waals surface area contributed by atoms with Gasteiger partial charge in [0.15, 0.2) is 0 Å². The minimum atomic E-state index is -0.256. The molecule has 0 saturated heterocycles. The second-order valence-electron chi connectivity index (χ2n) is 2.57. The fraction of sp³-hybridized carbons (Fsp3) is 0.750. The van der Waals surface area contributed by atoms with Crippen LogP contribution in [0, 0.1) is 0 Å². The lowest BCUT2D eigenvalue weighted by atomic mass is 10.3. The second kappa shape index (κ2) is 7.54. The Labute approximate surface area is 77.6 Å². The van der Waals surface area contributed by atoms with Gasteiger partial charge in [0.1, 0.15) is 0 Å². The number of amides is 1. The fourth-order valence-corrected chi connectivity index (χ4v) is 0.782. The van der Waals surface area contributed by atoms with Crippen LogP contribution in [0.3, 0.4) is 0 Å². The van der Waals surface area contributed by atoms with Crippen LogP contribution in [0.5, 0.6) is 0 Å². The summed E-state index contributed by atoms with van der Waals surface area (Å²) in [4.78, 5) is 21.5. The molecule has 0 aromatic rings. The summed E-state index contributed by atoms with van der Waals surface area (Å²) in [5, 5.41) is 2.64. The van der Waals surface area contributed by atoms with Crippen molar-refractivity contribution in [2.75, 3.05) is 20.2 Å². The Morgan fingerprint density at radius 1 is 1.38 bits per heavy atom. The average Bonchev–Trinajstić information content (AvgIpc) is 2.12. The maximum Gasteiger partial charge on any atom is 0.305 e. The summed E-state index contributed by atoms with van der Waals surface area (Å²) in [6.45, 7) is 0.844. The summed E-state index contributed by atoms with van der Waals surface area (Å²) in [5.41, 5.74) is 5.17.